The number of carboxylic acids is 3. The van der Waals surface area contributed by atoms with E-state index in [1.807, 2.05) is 0 Å². The first-order valence-electron chi connectivity index (χ1n) is 12.0. The Balaban J connectivity index is -0.000000242. The molecule has 0 spiro atoms. The second-order valence-corrected chi connectivity index (χ2v) is 8.11. The van der Waals surface area contributed by atoms with Gasteiger partial charge >= 0.3 is 24.1 Å². The minimum Gasteiger partial charge on any atom is -0.481 e. The number of rotatable bonds is 13. The zero-order valence-corrected chi connectivity index (χ0v) is 21.8. The van der Waals surface area contributed by atoms with Crippen LogP contribution < -0.4 is 0 Å². The lowest BCUT2D eigenvalue weighted by atomic mass is 9.54. The molecule has 0 radical (unpaired) electrons. The molecule has 0 aromatic rings. The van der Waals surface area contributed by atoms with Gasteiger partial charge in [-0.25, -0.2) is 14.4 Å². The molecule has 0 aromatic heterocycles. The van der Waals surface area contributed by atoms with E-state index in [9.17, 15) is 9.90 Å². The normalized spacial score (nSPS) is 10.3. The Bertz CT molecular complexity index is 507. The molecule has 0 fully saturated rings. The van der Waals surface area contributed by atoms with Crippen LogP contribution in [-0.4, -0.2) is 61.3 Å². The van der Waals surface area contributed by atoms with Crippen LogP contribution in [0.5, 0.6) is 0 Å². The lowest BCUT2D eigenvalue weighted by Crippen LogP contribution is -2.45. The molecule has 204 valence electrons. The van der Waals surface area contributed by atoms with Crippen molar-refractivity contribution < 1.29 is 49.8 Å². The zero-order chi connectivity index (χ0) is 27.8. The van der Waals surface area contributed by atoms with Crippen molar-refractivity contribution in [1.29, 1.82) is 0 Å². The maximum absolute atomic E-state index is 10.3. The van der Waals surface area contributed by atoms with Gasteiger partial charge in [0.05, 0.1) is 0 Å². The van der Waals surface area contributed by atoms with E-state index in [1.165, 1.54) is 64.2 Å². The lowest BCUT2D eigenvalue weighted by Gasteiger charge is -2.51. The Morgan fingerprint density at radius 2 is 0.735 bits per heavy atom. The largest absolute Gasteiger partial charge is 0.503 e. The van der Waals surface area contributed by atoms with E-state index in [1.54, 1.807) is 6.92 Å². The van der Waals surface area contributed by atoms with Crippen molar-refractivity contribution >= 4 is 24.1 Å². The van der Waals surface area contributed by atoms with E-state index in [4.69, 9.17) is 39.9 Å². The molecule has 0 rings (SSSR count). The van der Waals surface area contributed by atoms with Gasteiger partial charge in [-0.3, -0.25) is 4.79 Å². The molecule has 34 heavy (non-hydrogen) atoms. The number of aliphatic carboxylic acids is 3. The summed E-state index contributed by atoms with van der Waals surface area (Å²) in [5.41, 5.74) is 0.532. The summed E-state index contributed by atoms with van der Waals surface area (Å²) >= 11 is 0. The van der Waals surface area contributed by atoms with E-state index < -0.39 is 24.1 Å². The van der Waals surface area contributed by atoms with Crippen LogP contribution >= 0.6 is 0 Å². The average Bonchev–Trinajstić information content (AvgIpc) is 2.74. The van der Waals surface area contributed by atoms with Crippen LogP contribution in [0.2, 0.25) is 0 Å². The molecule has 0 heterocycles. The van der Waals surface area contributed by atoms with Crippen molar-refractivity contribution in [3.63, 3.8) is 0 Å². The highest BCUT2D eigenvalue weighted by atomic mass is 16.6. The highest BCUT2D eigenvalue weighted by molar-refractivity contribution is 6.27. The summed E-state index contributed by atoms with van der Waals surface area (Å²) in [6.45, 7) is 13.4. The maximum Gasteiger partial charge on any atom is 0.503 e. The van der Waals surface area contributed by atoms with Crippen LogP contribution in [0, 0.1) is 10.8 Å². The van der Waals surface area contributed by atoms with E-state index in [-0.39, 0.29) is 11.8 Å². The van der Waals surface area contributed by atoms with Crippen LogP contribution in [0.25, 0.3) is 0 Å². The molecule has 6 N–H and O–H groups in total. The molecule has 10 heteroatoms. The highest BCUT2D eigenvalue weighted by Gasteiger charge is 2.47. The van der Waals surface area contributed by atoms with Gasteiger partial charge in [0.2, 0.25) is 0 Å². The van der Waals surface area contributed by atoms with Gasteiger partial charge in [0, 0.05) is 13.0 Å². The van der Waals surface area contributed by atoms with Crippen molar-refractivity contribution in [2.75, 3.05) is 6.61 Å². The summed E-state index contributed by atoms with van der Waals surface area (Å²) in [5, 5.41) is 46.7. The minimum absolute atomic E-state index is 0.165. The summed E-state index contributed by atoms with van der Waals surface area (Å²) in [6, 6.07) is 0. The van der Waals surface area contributed by atoms with Crippen molar-refractivity contribution in [2.24, 2.45) is 10.8 Å². The standard InChI is InChI=1S/C18H38O.C3H6O2.C2H2O4.CH2O3/c1-6-11-17(12-7-2,13-8-3)18(16-19,14-9-4)15-10-5;1-2-3(4)5;3-1(4)2(5)6;2-1(3)4/h19H,6-16H2,1-5H3;2H2,1H3,(H,4,5);(H,3,4)(H,5,6);(H2,2,3,4). The van der Waals surface area contributed by atoms with Gasteiger partial charge in [-0.1, -0.05) is 73.6 Å². The van der Waals surface area contributed by atoms with Gasteiger partial charge in [0.25, 0.3) is 0 Å². The minimum atomic E-state index is -1.83. The summed E-state index contributed by atoms with van der Waals surface area (Å²) in [5.74, 6) is -4.39. The lowest BCUT2D eigenvalue weighted by molar-refractivity contribution is -0.159. The highest BCUT2D eigenvalue weighted by Crippen LogP contribution is 2.55. The fourth-order valence-electron chi connectivity index (χ4n) is 4.54. The van der Waals surface area contributed by atoms with Crippen LogP contribution in [-0.2, 0) is 14.4 Å². The van der Waals surface area contributed by atoms with Crippen LogP contribution in [0.3, 0.4) is 0 Å². The van der Waals surface area contributed by atoms with E-state index in [0.717, 1.165) is 0 Å². The number of hydrogen-bond donors (Lipinski definition) is 6. The molecule has 0 aromatic carbocycles. The van der Waals surface area contributed by atoms with Gasteiger partial charge in [0.15, 0.2) is 0 Å². The maximum atomic E-state index is 10.3. The van der Waals surface area contributed by atoms with Gasteiger partial charge in [-0.05, 0) is 42.9 Å². The number of carboxylic acid groups (broad SMARTS) is 5. The molecular weight excluding hydrogens is 448 g/mol. The zero-order valence-electron chi connectivity index (χ0n) is 21.8. The van der Waals surface area contributed by atoms with Crippen molar-refractivity contribution in [1.82, 2.24) is 0 Å². The number of aliphatic hydroxyl groups is 1. The van der Waals surface area contributed by atoms with Gasteiger partial charge in [-0.15, -0.1) is 0 Å². The summed E-state index contributed by atoms with van der Waals surface area (Å²) in [7, 11) is 0. The van der Waals surface area contributed by atoms with Crippen molar-refractivity contribution in [3.05, 3.63) is 0 Å². The van der Waals surface area contributed by atoms with E-state index in [2.05, 4.69) is 34.6 Å². The van der Waals surface area contributed by atoms with Crippen LogP contribution in [0.15, 0.2) is 0 Å². The number of aliphatic hydroxyl groups excluding tert-OH is 1. The monoisotopic (exact) mass is 496 g/mol. The molecule has 0 aliphatic rings. The molecule has 0 unspecified atom stereocenters. The van der Waals surface area contributed by atoms with Crippen LogP contribution in [0.4, 0.5) is 4.79 Å². The summed E-state index contributed by atoms with van der Waals surface area (Å²) in [4.78, 5) is 36.1. The molecule has 0 atom stereocenters. The Morgan fingerprint density at radius 1 is 0.529 bits per heavy atom. The van der Waals surface area contributed by atoms with E-state index in [0.29, 0.717) is 12.0 Å². The third-order valence-corrected chi connectivity index (χ3v) is 5.56. The molecule has 0 amide bonds. The summed E-state index contributed by atoms with van der Waals surface area (Å²) < 4.78 is 0. The second kappa shape index (κ2) is 23.8. The fraction of sp³-hybridized carbons (Fsp3) is 0.833. The predicted octanol–water partition coefficient (Wildman–Crippen LogP) is 5.81. The molecule has 0 aliphatic carbocycles. The van der Waals surface area contributed by atoms with Gasteiger partial charge in [-0.2, -0.15) is 0 Å². The molecule has 0 saturated carbocycles. The first kappa shape index (κ1) is 38.9. The number of hydrogen-bond acceptors (Lipinski definition) is 5. The number of carbonyl (C=O) groups is 4. The van der Waals surface area contributed by atoms with Gasteiger partial charge in [0.1, 0.15) is 0 Å². The Labute approximate surface area is 204 Å². The first-order chi connectivity index (χ1) is 15.8. The Hall–Kier alpha value is -2.36. The predicted molar refractivity (Wildman–Crippen MR) is 130 cm³/mol. The molecule has 0 saturated heterocycles. The third kappa shape index (κ3) is 19.1. The molecule has 10 nitrogen and oxygen atoms in total. The van der Waals surface area contributed by atoms with Gasteiger partial charge < -0.3 is 30.6 Å². The average molecular weight is 497 g/mol. The van der Waals surface area contributed by atoms with Crippen LogP contribution in [0.1, 0.15) is 112 Å². The topological polar surface area (TPSA) is 190 Å². The third-order valence-electron chi connectivity index (χ3n) is 5.56. The Kier molecular flexibility index (Phi) is 27.2. The summed E-state index contributed by atoms with van der Waals surface area (Å²) in [6.07, 6.45) is 10.8. The first-order valence-corrected chi connectivity index (χ1v) is 12.0. The molecular formula is C24H48O10. The van der Waals surface area contributed by atoms with E-state index >= 15 is 0 Å². The SMILES string of the molecule is CCC(=O)O.CCCC(CO)(CCC)C(CCC)(CCC)CCC.O=C(O)C(=O)O.O=C(O)O. The fourth-order valence-corrected chi connectivity index (χ4v) is 4.54. The Morgan fingerprint density at radius 3 is 0.853 bits per heavy atom. The smallest absolute Gasteiger partial charge is 0.481 e. The van der Waals surface area contributed by atoms with Crippen molar-refractivity contribution in [3.8, 4) is 0 Å². The second-order valence-electron chi connectivity index (χ2n) is 8.11. The van der Waals surface area contributed by atoms with Crippen molar-refractivity contribution in [2.45, 2.75) is 112 Å². The molecule has 0 aliphatic heterocycles. The molecule has 0 bridgehead atoms. The quantitative estimate of drug-likeness (QED) is 0.170.